The minimum Gasteiger partial charge on any atom is -0.507 e. The van der Waals surface area contributed by atoms with Crippen LogP contribution in [0.1, 0.15) is 22.9 Å². The molecule has 5 rings (SSSR count). The molecule has 0 bridgehead atoms. The molecule has 33 heavy (non-hydrogen) atoms. The van der Waals surface area contributed by atoms with Crippen molar-refractivity contribution in [2.24, 2.45) is 0 Å². The summed E-state index contributed by atoms with van der Waals surface area (Å²) in [7, 11) is 1.43. The second-order valence-electron chi connectivity index (χ2n) is 7.47. The van der Waals surface area contributed by atoms with Gasteiger partial charge in [0.25, 0.3) is 11.7 Å². The van der Waals surface area contributed by atoms with E-state index in [1.54, 1.807) is 42.5 Å². The highest BCUT2D eigenvalue weighted by Gasteiger charge is 2.47. The third kappa shape index (κ3) is 3.58. The zero-order valence-electron chi connectivity index (χ0n) is 17.4. The first-order chi connectivity index (χ1) is 16.0. The predicted octanol–water partition coefficient (Wildman–Crippen LogP) is 4.29. The summed E-state index contributed by atoms with van der Waals surface area (Å²) in [6.45, 7) is 0.202. The lowest BCUT2D eigenvalue weighted by molar-refractivity contribution is -0.140. The van der Waals surface area contributed by atoms with Crippen molar-refractivity contribution < 1.29 is 33.3 Å². The number of likely N-dealkylation sites (tertiary alicyclic amines) is 1. The Hall–Kier alpha value is -3.91. The number of hydrogen-bond acceptors (Lipinski definition) is 7. The lowest BCUT2D eigenvalue weighted by Gasteiger charge is -2.23. The van der Waals surface area contributed by atoms with Gasteiger partial charge in [-0.05, 0) is 48.0 Å². The van der Waals surface area contributed by atoms with Crippen LogP contribution in [0.5, 0.6) is 17.2 Å². The smallest absolute Gasteiger partial charge is 0.296 e. The maximum absolute atomic E-state index is 13.1. The molecule has 1 fully saturated rings. The molecule has 2 aliphatic heterocycles. The highest BCUT2D eigenvalue weighted by atomic mass is 35.5. The number of rotatable bonds is 5. The van der Waals surface area contributed by atoms with Crippen molar-refractivity contribution in [2.75, 3.05) is 13.9 Å². The van der Waals surface area contributed by atoms with Crippen LogP contribution in [0, 0.1) is 0 Å². The molecule has 0 saturated carbocycles. The van der Waals surface area contributed by atoms with E-state index in [0.717, 1.165) is 5.56 Å². The first-order valence-corrected chi connectivity index (χ1v) is 10.4. The maximum Gasteiger partial charge on any atom is 0.296 e. The van der Waals surface area contributed by atoms with Gasteiger partial charge in [0, 0.05) is 11.6 Å². The Balaban J connectivity index is 1.62. The molecule has 2 aromatic carbocycles. The number of carbonyl (C=O) groups excluding carboxylic acids is 2. The van der Waals surface area contributed by atoms with E-state index >= 15 is 0 Å². The molecule has 1 saturated heterocycles. The predicted molar refractivity (Wildman–Crippen MR) is 117 cm³/mol. The van der Waals surface area contributed by atoms with E-state index in [9.17, 15) is 14.7 Å². The Bertz CT molecular complexity index is 1280. The molecular weight excluding hydrogens is 450 g/mol. The van der Waals surface area contributed by atoms with E-state index in [2.05, 4.69) is 0 Å². The summed E-state index contributed by atoms with van der Waals surface area (Å²) >= 11 is 6.12. The molecule has 168 valence electrons. The van der Waals surface area contributed by atoms with Gasteiger partial charge in [-0.25, -0.2) is 0 Å². The molecule has 2 aliphatic rings. The van der Waals surface area contributed by atoms with Crippen molar-refractivity contribution >= 4 is 29.1 Å². The van der Waals surface area contributed by atoms with Crippen LogP contribution in [0.2, 0.25) is 5.02 Å². The average Bonchev–Trinajstić information content (AvgIpc) is 3.55. The Morgan fingerprint density at radius 2 is 1.97 bits per heavy atom. The Morgan fingerprint density at radius 3 is 2.73 bits per heavy atom. The first-order valence-electron chi connectivity index (χ1n) is 10.0. The van der Waals surface area contributed by atoms with Gasteiger partial charge in [-0.2, -0.15) is 0 Å². The number of ether oxygens (including phenoxy) is 3. The SMILES string of the molecule is COc1ccc(Cl)cc1/C(O)=C1/C(=O)C(=O)N(Cc2ccc3c(c2)OCO3)C1c1ccco1. The molecule has 1 aromatic heterocycles. The van der Waals surface area contributed by atoms with Gasteiger partial charge in [-0.3, -0.25) is 9.59 Å². The number of aliphatic hydroxyl groups excluding tert-OH is 1. The lowest BCUT2D eigenvalue weighted by Crippen LogP contribution is -2.29. The van der Waals surface area contributed by atoms with Crippen molar-refractivity contribution in [3.63, 3.8) is 0 Å². The summed E-state index contributed by atoms with van der Waals surface area (Å²) in [5, 5.41) is 11.5. The number of furan rings is 1. The molecule has 1 atom stereocenters. The van der Waals surface area contributed by atoms with Crippen LogP contribution < -0.4 is 14.2 Å². The van der Waals surface area contributed by atoms with Crippen molar-refractivity contribution in [3.05, 3.63) is 82.3 Å². The van der Waals surface area contributed by atoms with Crippen LogP contribution in [0.4, 0.5) is 0 Å². The van der Waals surface area contributed by atoms with Crippen molar-refractivity contribution in [2.45, 2.75) is 12.6 Å². The van der Waals surface area contributed by atoms with Crippen LogP contribution in [0.25, 0.3) is 5.76 Å². The van der Waals surface area contributed by atoms with Crippen molar-refractivity contribution in [3.8, 4) is 17.2 Å². The second-order valence-corrected chi connectivity index (χ2v) is 7.91. The number of methoxy groups -OCH3 is 1. The molecule has 3 heterocycles. The fourth-order valence-corrected chi connectivity index (χ4v) is 4.20. The Labute approximate surface area is 193 Å². The van der Waals surface area contributed by atoms with Gasteiger partial charge in [-0.15, -0.1) is 0 Å². The first kappa shape index (κ1) is 21.0. The van der Waals surface area contributed by atoms with E-state index in [4.69, 9.17) is 30.2 Å². The van der Waals surface area contributed by atoms with Gasteiger partial charge in [-0.1, -0.05) is 17.7 Å². The Morgan fingerprint density at radius 1 is 1.15 bits per heavy atom. The van der Waals surface area contributed by atoms with Gasteiger partial charge in [0.1, 0.15) is 23.3 Å². The summed E-state index contributed by atoms with van der Waals surface area (Å²) in [5.41, 5.74) is 0.803. The highest BCUT2D eigenvalue weighted by molar-refractivity contribution is 6.46. The summed E-state index contributed by atoms with van der Waals surface area (Å²) < 4.78 is 21.6. The number of hydrogen-bond donors (Lipinski definition) is 1. The molecule has 1 N–H and O–H groups in total. The van der Waals surface area contributed by atoms with E-state index in [1.807, 2.05) is 0 Å². The third-order valence-electron chi connectivity index (χ3n) is 5.56. The molecule has 1 unspecified atom stereocenters. The maximum atomic E-state index is 13.1. The average molecular weight is 468 g/mol. The molecule has 9 heteroatoms. The number of carbonyl (C=O) groups is 2. The normalized spacial score (nSPS) is 18.7. The summed E-state index contributed by atoms with van der Waals surface area (Å²) in [5.74, 6) is -0.205. The van der Waals surface area contributed by atoms with E-state index in [1.165, 1.54) is 24.3 Å². The summed E-state index contributed by atoms with van der Waals surface area (Å²) in [4.78, 5) is 27.6. The minimum atomic E-state index is -0.950. The van der Waals surface area contributed by atoms with Gasteiger partial charge < -0.3 is 28.6 Å². The molecular formula is C24H18ClNO7. The number of aliphatic hydroxyl groups is 1. The zero-order chi connectivity index (χ0) is 23.1. The monoisotopic (exact) mass is 467 g/mol. The second kappa shape index (κ2) is 8.22. The van der Waals surface area contributed by atoms with Crippen LogP contribution >= 0.6 is 11.6 Å². The Kier molecular flexibility index (Phi) is 5.22. The van der Waals surface area contributed by atoms with Crippen LogP contribution in [0.15, 0.2) is 64.8 Å². The molecule has 0 spiro atoms. The zero-order valence-corrected chi connectivity index (χ0v) is 18.2. The quantitative estimate of drug-likeness (QED) is 0.339. The van der Waals surface area contributed by atoms with Gasteiger partial charge in [0.05, 0.1) is 24.5 Å². The summed E-state index contributed by atoms with van der Waals surface area (Å²) in [6.07, 6.45) is 1.44. The molecule has 1 amide bonds. The number of Topliss-reactive ketones (excluding diaryl/α,β-unsaturated/α-hetero) is 1. The number of fused-ring (bicyclic) bond motifs is 1. The number of halogens is 1. The van der Waals surface area contributed by atoms with Crippen LogP contribution in [-0.2, 0) is 16.1 Å². The molecule has 3 aromatic rings. The number of benzene rings is 2. The van der Waals surface area contributed by atoms with Crippen LogP contribution in [0.3, 0.4) is 0 Å². The minimum absolute atomic E-state index is 0.0794. The van der Waals surface area contributed by atoms with E-state index < -0.39 is 23.5 Å². The highest BCUT2D eigenvalue weighted by Crippen LogP contribution is 2.43. The third-order valence-corrected chi connectivity index (χ3v) is 5.79. The number of ketones is 1. The largest absolute Gasteiger partial charge is 0.507 e. The number of nitrogens with zero attached hydrogens (tertiary/aromatic N) is 1. The van der Waals surface area contributed by atoms with Gasteiger partial charge in [0.2, 0.25) is 6.79 Å². The van der Waals surface area contributed by atoms with Crippen molar-refractivity contribution in [1.29, 1.82) is 0 Å². The van der Waals surface area contributed by atoms with Gasteiger partial charge >= 0.3 is 0 Å². The molecule has 8 nitrogen and oxygen atoms in total. The van der Waals surface area contributed by atoms with Gasteiger partial charge in [0.15, 0.2) is 11.5 Å². The van der Waals surface area contributed by atoms with Crippen LogP contribution in [-0.4, -0.2) is 35.6 Å². The fraction of sp³-hybridized carbons (Fsp3) is 0.167. The van der Waals surface area contributed by atoms with E-state index in [0.29, 0.717) is 28.0 Å². The molecule has 0 radical (unpaired) electrons. The standard InChI is InChI=1S/C24H18ClNO7/c1-30-16-7-5-14(25)10-15(16)22(27)20-21(18-3-2-8-31-18)26(24(29)23(20)28)11-13-4-6-17-19(9-13)33-12-32-17/h2-10,21,27H,11-12H2,1H3/b22-20-. The molecule has 0 aliphatic carbocycles. The summed E-state index contributed by atoms with van der Waals surface area (Å²) in [6, 6.07) is 12.3. The van der Waals surface area contributed by atoms with Crippen molar-refractivity contribution in [1.82, 2.24) is 4.90 Å². The number of amides is 1. The fourth-order valence-electron chi connectivity index (χ4n) is 4.03. The topological polar surface area (TPSA) is 98.4 Å². The lowest BCUT2D eigenvalue weighted by atomic mass is 9.98. The van der Waals surface area contributed by atoms with E-state index in [-0.39, 0.29) is 24.5 Å².